The van der Waals surface area contributed by atoms with Crippen LogP contribution >= 0.6 is 0 Å². The van der Waals surface area contributed by atoms with E-state index < -0.39 is 0 Å². The predicted molar refractivity (Wildman–Crippen MR) is 101 cm³/mol. The van der Waals surface area contributed by atoms with E-state index in [0.717, 1.165) is 24.2 Å². The Bertz CT molecular complexity index is 714. The number of rotatable bonds is 10. The van der Waals surface area contributed by atoms with Gasteiger partial charge in [-0.05, 0) is 54.7 Å². The first-order valence-electron chi connectivity index (χ1n) is 8.95. The summed E-state index contributed by atoms with van der Waals surface area (Å²) in [5, 5.41) is 12.7. The standard InChI is InChI=1S/C20H24BNO4/c1-25-18-11-7-15(8-12-18)3-2-4-20(24)19(22-21-14-26-21)13-16-5-9-17(23)10-6-16/h5-12,19,22-23H,2-4,13-14H2,1H3/t19-/m0/s1. The van der Waals surface area contributed by atoms with E-state index in [1.165, 1.54) is 5.56 Å². The molecule has 26 heavy (non-hydrogen) atoms. The fourth-order valence-corrected chi connectivity index (χ4v) is 2.94. The molecule has 0 bridgehead atoms. The van der Waals surface area contributed by atoms with E-state index >= 15 is 0 Å². The number of aromatic hydroxyl groups is 1. The van der Waals surface area contributed by atoms with Crippen molar-refractivity contribution in [3.05, 3.63) is 59.7 Å². The summed E-state index contributed by atoms with van der Waals surface area (Å²) in [5.74, 6) is 1.27. The first kappa shape index (κ1) is 18.5. The van der Waals surface area contributed by atoms with Crippen molar-refractivity contribution < 1.29 is 19.3 Å². The van der Waals surface area contributed by atoms with Crippen molar-refractivity contribution in [2.75, 3.05) is 13.6 Å². The summed E-state index contributed by atoms with van der Waals surface area (Å²) in [4.78, 5) is 12.7. The predicted octanol–water partition coefficient (Wildman–Crippen LogP) is 2.55. The Labute approximate surface area is 154 Å². The Balaban J connectivity index is 1.52. The topological polar surface area (TPSA) is 71.1 Å². The van der Waals surface area contributed by atoms with Crippen LogP contribution in [-0.4, -0.2) is 37.6 Å². The summed E-state index contributed by atoms with van der Waals surface area (Å²) in [7, 11) is 1.64. The minimum Gasteiger partial charge on any atom is -0.508 e. The Morgan fingerprint density at radius 1 is 1.19 bits per heavy atom. The molecule has 0 saturated carbocycles. The van der Waals surface area contributed by atoms with Gasteiger partial charge in [0.05, 0.1) is 19.7 Å². The van der Waals surface area contributed by atoms with Gasteiger partial charge in [0.2, 0.25) is 0 Å². The van der Waals surface area contributed by atoms with Crippen LogP contribution in [0.4, 0.5) is 0 Å². The molecule has 0 spiro atoms. The van der Waals surface area contributed by atoms with E-state index in [-0.39, 0.29) is 24.6 Å². The highest BCUT2D eigenvalue weighted by molar-refractivity contribution is 6.57. The average molecular weight is 353 g/mol. The van der Waals surface area contributed by atoms with Crippen molar-refractivity contribution in [2.45, 2.75) is 31.7 Å². The summed E-state index contributed by atoms with van der Waals surface area (Å²) < 4.78 is 10.4. The van der Waals surface area contributed by atoms with Crippen LogP contribution < -0.4 is 9.96 Å². The molecule has 136 valence electrons. The molecule has 0 radical (unpaired) electrons. The van der Waals surface area contributed by atoms with Gasteiger partial charge in [-0.1, -0.05) is 24.3 Å². The van der Waals surface area contributed by atoms with E-state index in [2.05, 4.69) is 5.23 Å². The molecule has 1 fully saturated rings. The number of hydrogen-bond acceptors (Lipinski definition) is 5. The molecule has 2 aromatic carbocycles. The lowest BCUT2D eigenvalue weighted by atomic mass is 9.89. The van der Waals surface area contributed by atoms with Gasteiger partial charge in [0.25, 0.3) is 0 Å². The second-order valence-corrected chi connectivity index (χ2v) is 6.58. The van der Waals surface area contributed by atoms with E-state index in [4.69, 9.17) is 9.39 Å². The maximum absolute atomic E-state index is 12.7. The molecule has 1 atom stereocenters. The fraction of sp³-hybridized carbons (Fsp3) is 0.350. The highest BCUT2D eigenvalue weighted by atomic mass is 16.5. The van der Waals surface area contributed by atoms with Crippen LogP contribution in [0.1, 0.15) is 24.0 Å². The number of benzene rings is 2. The summed E-state index contributed by atoms with van der Waals surface area (Å²) >= 11 is 0. The third kappa shape index (κ3) is 5.61. The van der Waals surface area contributed by atoms with Gasteiger partial charge < -0.3 is 19.7 Å². The Hall–Kier alpha value is -2.31. The SMILES string of the molecule is COc1ccc(CCCC(=O)[C@H](Cc2ccc(O)cc2)NB2CO2)cc1. The molecular formula is C20H24BNO4. The Morgan fingerprint density at radius 3 is 2.46 bits per heavy atom. The smallest absolute Gasteiger partial charge is 0.405 e. The lowest BCUT2D eigenvalue weighted by Crippen LogP contribution is -2.42. The second-order valence-electron chi connectivity index (χ2n) is 6.58. The summed E-state index contributed by atoms with van der Waals surface area (Å²) in [6.07, 6.45) is 2.79. The summed E-state index contributed by atoms with van der Waals surface area (Å²) in [6.45, 7) is 0.658. The number of nitrogens with one attached hydrogen (secondary N) is 1. The maximum Gasteiger partial charge on any atom is 0.405 e. The first-order valence-corrected chi connectivity index (χ1v) is 8.95. The highest BCUT2D eigenvalue weighted by Gasteiger charge is 2.34. The third-order valence-corrected chi connectivity index (χ3v) is 4.53. The van der Waals surface area contributed by atoms with Gasteiger partial charge >= 0.3 is 7.05 Å². The van der Waals surface area contributed by atoms with Crippen molar-refractivity contribution in [2.24, 2.45) is 0 Å². The molecule has 0 amide bonds. The first-order chi connectivity index (χ1) is 12.6. The number of hydrogen-bond donors (Lipinski definition) is 2. The normalized spacial score (nSPS) is 14.1. The Morgan fingerprint density at radius 2 is 1.85 bits per heavy atom. The lowest BCUT2D eigenvalue weighted by molar-refractivity contribution is -0.120. The van der Waals surface area contributed by atoms with Crippen LogP contribution in [0.2, 0.25) is 0 Å². The number of phenols is 1. The number of carbonyl (C=O) groups excluding carboxylic acids is 1. The van der Waals surface area contributed by atoms with Gasteiger partial charge in [-0.2, -0.15) is 0 Å². The molecule has 1 saturated heterocycles. The quantitative estimate of drug-likeness (QED) is 0.507. The number of ketones is 1. The van der Waals surface area contributed by atoms with Gasteiger partial charge in [0.1, 0.15) is 17.3 Å². The van der Waals surface area contributed by atoms with Gasteiger partial charge in [-0.3, -0.25) is 4.79 Å². The molecule has 6 heteroatoms. The second kappa shape index (κ2) is 8.87. The summed E-state index contributed by atoms with van der Waals surface area (Å²) in [5.41, 5.74) is 2.22. The van der Waals surface area contributed by atoms with E-state index in [1.54, 1.807) is 19.2 Å². The fourth-order valence-electron chi connectivity index (χ4n) is 2.94. The minimum atomic E-state index is -0.261. The molecule has 2 aromatic rings. The number of aryl methyl sites for hydroxylation is 1. The van der Waals surface area contributed by atoms with Crippen LogP contribution in [-0.2, 0) is 22.3 Å². The molecule has 0 aliphatic carbocycles. The molecule has 1 aliphatic rings. The number of carbonyl (C=O) groups is 1. The van der Waals surface area contributed by atoms with Gasteiger partial charge in [0.15, 0.2) is 0 Å². The average Bonchev–Trinajstić information content (AvgIpc) is 3.47. The van der Waals surface area contributed by atoms with Crippen molar-refractivity contribution in [3.8, 4) is 11.5 Å². The number of methoxy groups -OCH3 is 1. The monoisotopic (exact) mass is 353 g/mol. The van der Waals surface area contributed by atoms with Gasteiger partial charge in [-0.15, -0.1) is 0 Å². The van der Waals surface area contributed by atoms with Crippen molar-refractivity contribution in [3.63, 3.8) is 0 Å². The number of ether oxygens (including phenoxy) is 1. The largest absolute Gasteiger partial charge is 0.508 e. The molecule has 0 unspecified atom stereocenters. The highest BCUT2D eigenvalue weighted by Crippen LogP contribution is 2.16. The third-order valence-electron chi connectivity index (χ3n) is 4.53. The molecular weight excluding hydrogens is 329 g/mol. The molecule has 1 heterocycles. The van der Waals surface area contributed by atoms with Crippen LogP contribution in [0.15, 0.2) is 48.5 Å². The van der Waals surface area contributed by atoms with Gasteiger partial charge in [0, 0.05) is 6.42 Å². The molecule has 3 rings (SSSR count). The van der Waals surface area contributed by atoms with Crippen LogP contribution in [0.3, 0.4) is 0 Å². The number of Topliss-reactive ketones (excluding diaryl/α,β-unsaturated/α-hetero) is 1. The summed E-state index contributed by atoms with van der Waals surface area (Å²) in [6, 6.07) is 14.7. The van der Waals surface area contributed by atoms with Crippen molar-refractivity contribution >= 4 is 12.8 Å². The zero-order valence-electron chi connectivity index (χ0n) is 15.0. The van der Waals surface area contributed by atoms with E-state index in [1.807, 2.05) is 36.4 Å². The van der Waals surface area contributed by atoms with Crippen molar-refractivity contribution in [1.29, 1.82) is 0 Å². The Kier molecular flexibility index (Phi) is 6.31. The van der Waals surface area contributed by atoms with Crippen LogP contribution in [0.25, 0.3) is 0 Å². The molecule has 2 N–H and O–H groups in total. The zero-order valence-corrected chi connectivity index (χ0v) is 15.0. The van der Waals surface area contributed by atoms with Gasteiger partial charge in [-0.25, -0.2) is 0 Å². The molecule has 1 aliphatic heterocycles. The van der Waals surface area contributed by atoms with E-state index in [9.17, 15) is 9.90 Å². The van der Waals surface area contributed by atoms with Crippen molar-refractivity contribution in [1.82, 2.24) is 5.23 Å². The van der Waals surface area contributed by atoms with E-state index in [0.29, 0.717) is 19.3 Å². The van der Waals surface area contributed by atoms with Crippen LogP contribution in [0, 0.1) is 0 Å². The zero-order chi connectivity index (χ0) is 18.4. The molecule has 5 nitrogen and oxygen atoms in total. The minimum absolute atomic E-state index is 0.0114. The van der Waals surface area contributed by atoms with Crippen LogP contribution in [0.5, 0.6) is 11.5 Å². The molecule has 0 aromatic heterocycles. The number of phenolic OH excluding ortho intramolecular Hbond substituents is 1. The lowest BCUT2D eigenvalue weighted by Gasteiger charge is -2.16. The maximum atomic E-state index is 12.7.